The normalized spacial score (nSPS) is 10.3. The molecule has 0 bridgehead atoms. The van der Waals surface area contributed by atoms with Gasteiger partial charge in [-0.2, -0.15) is 0 Å². The summed E-state index contributed by atoms with van der Waals surface area (Å²) in [5, 5.41) is 8.81. The number of benzene rings is 2. The number of hydrogen-bond donors (Lipinski definition) is 3. The molecule has 0 fully saturated rings. The van der Waals surface area contributed by atoms with Crippen molar-refractivity contribution in [3.63, 3.8) is 0 Å². The highest BCUT2D eigenvalue weighted by Crippen LogP contribution is 2.14. The van der Waals surface area contributed by atoms with Crippen LogP contribution in [0.1, 0.15) is 31.7 Å². The summed E-state index contributed by atoms with van der Waals surface area (Å²) in [6.45, 7) is 3.26. The first kappa shape index (κ1) is 19.7. The molecule has 0 atom stereocenters. The van der Waals surface area contributed by atoms with Crippen LogP contribution in [-0.2, 0) is 16.0 Å². The Bertz CT molecular complexity index is 684. The van der Waals surface area contributed by atoms with Crippen LogP contribution in [0.5, 0.6) is 0 Å². The van der Waals surface area contributed by atoms with Crippen LogP contribution in [0.2, 0.25) is 0 Å². The van der Waals surface area contributed by atoms with Crippen LogP contribution in [0, 0.1) is 0 Å². The fraction of sp³-hybridized carbons (Fsp3) is 0.333. The van der Waals surface area contributed by atoms with Crippen LogP contribution in [0.15, 0.2) is 54.6 Å². The highest BCUT2D eigenvalue weighted by molar-refractivity contribution is 5.93. The van der Waals surface area contributed by atoms with Crippen LogP contribution < -0.4 is 16.0 Å². The van der Waals surface area contributed by atoms with Gasteiger partial charge in [-0.3, -0.25) is 9.59 Å². The summed E-state index contributed by atoms with van der Waals surface area (Å²) in [6.07, 6.45) is 3.32. The SMILES string of the molecule is CCCCNCC(=O)Nc1ccc(NC(=O)CCc2ccccc2)cc1. The lowest BCUT2D eigenvalue weighted by Gasteiger charge is -2.09. The Morgan fingerprint density at radius 3 is 2.08 bits per heavy atom. The number of rotatable bonds is 10. The van der Waals surface area contributed by atoms with Crippen molar-refractivity contribution in [3.8, 4) is 0 Å². The third kappa shape index (κ3) is 7.49. The zero-order valence-corrected chi connectivity index (χ0v) is 15.3. The van der Waals surface area contributed by atoms with Crippen LogP contribution in [-0.4, -0.2) is 24.9 Å². The smallest absolute Gasteiger partial charge is 0.238 e. The van der Waals surface area contributed by atoms with Gasteiger partial charge in [-0.1, -0.05) is 43.7 Å². The van der Waals surface area contributed by atoms with Crippen molar-refractivity contribution < 1.29 is 9.59 Å². The molecule has 26 heavy (non-hydrogen) atoms. The third-order valence-electron chi connectivity index (χ3n) is 3.93. The lowest BCUT2D eigenvalue weighted by molar-refractivity contribution is -0.116. The van der Waals surface area contributed by atoms with Crippen LogP contribution in [0.4, 0.5) is 11.4 Å². The van der Waals surface area contributed by atoms with Crippen molar-refractivity contribution in [1.29, 1.82) is 0 Å². The van der Waals surface area contributed by atoms with E-state index in [2.05, 4.69) is 22.9 Å². The van der Waals surface area contributed by atoms with Gasteiger partial charge in [-0.05, 0) is 49.2 Å². The molecule has 0 aromatic heterocycles. The molecule has 2 amide bonds. The van der Waals surface area contributed by atoms with Crippen molar-refractivity contribution in [3.05, 3.63) is 60.2 Å². The molecule has 5 heteroatoms. The van der Waals surface area contributed by atoms with Gasteiger partial charge in [0.1, 0.15) is 0 Å². The number of carbonyl (C=O) groups is 2. The average molecular weight is 353 g/mol. The molecule has 0 unspecified atom stereocenters. The molecule has 0 heterocycles. The van der Waals surface area contributed by atoms with E-state index in [0.717, 1.165) is 36.3 Å². The van der Waals surface area contributed by atoms with E-state index in [9.17, 15) is 9.59 Å². The summed E-state index contributed by atoms with van der Waals surface area (Å²) in [6, 6.07) is 17.1. The van der Waals surface area contributed by atoms with Crippen LogP contribution in [0.3, 0.4) is 0 Å². The Labute approximate surface area is 155 Å². The summed E-state index contributed by atoms with van der Waals surface area (Å²) in [5.74, 6) is -0.0912. The summed E-state index contributed by atoms with van der Waals surface area (Å²) in [7, 11) is 0. The van der Waals surface area contributed by atoms with Crippen molar-refractivity contribution in [2.75, 3.05) is 23.7 Å². The van der Waals surface area contributed by atoms with E-state index >= 15 is 0 Å². The summed E-state index contributed by atoms with van der Waals surface area (Å²) < 4.78 is 0. The topological polar surface area (TPSA) is 70.2 Å². The first-order valence-electron chi connectivity index (χ1n) is 9.12. The fourth-order valence-electron chi connectivity index (χ4n) is 2.47. The molecule has 0 spiro atoms. The Kier molecular flexibility index (Phi) is 8.36. The van der Waals surface area contributed by atoms with Gasteiger partial charge in [-0.25, -0.2) is 0 Å². The number of carbonyl (C=O) groups excluding carboxylic acids is 2. The van der Waals surface area contributed by atoms with Gasteiger partial charge in [0.25, 0.3) is 0 Å². The van der Waals surface area contributed by atoms with Gasteiger partial charge in [0.15, 0.2) is 0 Å². The fourth-order valence-corrected chi connectivity index (χ4v) is 2.47. The standard InChI is InChI=1S/C21H27N3O2/c1-2-3-15-22-16-21(26)24-19-12-10-18(11-13-19)23-20(25)14-9-17-7-5-4-6-8-17/h4-8,10-13,22H,2-3,9,14-16H2,1H3,(H,23,25)(H,24,26). The highest BCUT2D eigenvalue weighted by Gasteiger charge is 2.05. The van der Waals surface area contributed by atoms with Crippen LogP contribution in [0.25, 0.3) is 0 Å². The number of nitrogens with one attached hydrogen (secondary N) is 3. The average Bonchev–Trinajstić information content (AvgIpc) is 2.66. The number of aryl methyl sites for hydroxylation is 1. The quantitative estimate of drug-likeness (QED) is 0.572. The predicted molar refractivity (Wildman–Crippen MR) is 106 cm³/mol. The van der Waals surface area contributed by atoms with Gasteiger partial charge in [-0.15, -0.1) is 0 Å². The maximum absolute atomic E-state index is 12.0. The number of amides is 2. The Balaban J connectivity index is 1.72. The van der Waals surface area contributed by atoms with Crippen LogP contribution >= 0.6 is 0 Å². The molecule has 0 aliphatic carbocycles. The Morgan fingerprint density at radius 1 is 0.846 bits per heavy atom. The first-order valence-corrected chi connectivity index (χ1v) is 9.12. The second-order valence-corrected chi connectivity index (χ2v) is 6.19. The van der Waals surface area contributed by atoms with Crippen molar-refractivity contribution in [2.24, 2.45) is 0 Å². The second-order valence-electron chi connectivity index (χ2n) is 6.19. The maximum atomic E-state index is 12.0. The third-order valence-corrected chi connectivity index (χ3v) is 3.93. The first-order chi connectivity index (χ1) is 12.7. The molecule has 0 aliphatic heterocycles. The van der Waals surface area contributed by atoms with E-state index in [0.29, 0.717) is 19.4 Å². The molecule has 138 valence electrons. The number of hydrogen-bond acceptors (Lipinski definition) is 3. The van der Waals surface area contributed by atoms with E-state index in [1.54, 1.807) is 24.3 Å². The minimum atomic E-state index is -0.0688. The molecule has 3 N–H and O–H groups in total. The molecule has 0 aliphatic rings. The van der Waals surface area contributed by atoms with Crippen molar-refractivity contribution in [1.82, 2.24) is 5.32 Å². The molecular weight excluding hydrogens is 326 g/mol. The Hall–Kier alpha value is -2.66. The van der Waals surface area contributed by atoms with E-state index in [4.69, 9.17) is 0 Å². The van der Waals surface area contributed by atoms with Gasteiger partial charge in [0.05, 0.1) is 6.54 Å². The summed E-state index contributed by atoms with van der Waals surface area (Å²) >= 11 is 0. The second kappa shape index (κ2) is 11.1. The predicted octanol–water partition coefficient (Wildman–Crippen LogP) is 3.59. The largest absolute Gasteiger partial charge is 0.326 e. The molecule has 0 saturated carbocycles. The van der Waals surface area contributed by atoms with Gasteiger partial charge in [0.2, 0.25) is 11.8 Å². The van der Waals surface area contributed by atoms with E-state index in [1.165, 1.54) is 0 Å². The molecular formula is C21H27N3O2. The Morgan fingerprint density at radius 2 is 1.46 bits per heavy atom. The zero-order valence-electron chi connectivity index (χ0n) is 15.3. The van der Waals surface area contributed by atoms with E-state index in [1.807, 2.05) is 30.3 Å². The summed E-state index contributed by atoms with van der Waals surface area (Å²) in [5.41, 5.74) is 2.59. The molecule has 0 saturated heterocycles. The lowest BCUT2D eigenvalue weighted by Crippen LogP contribution is -2.28. The van der Waals surface area contributed by atoms with E-state index < -0.39 is 0 Å². The van der Waals surface area contributed by atoms with Crippen molar-refractivity contribution in [2.45, 2.75) is 32.6 Å². The molecule has 2 rings (SSSR count). The molecule has 2 aromatic rings. The number of anilines is 2. The van der Waals surface area contributed by atoms with Gasteiger partial charge in [0, 0.05) is 17.8 Å². The maximum Gasteiger partial charge on any atom is 0.238 e. The minimum absolute atomic E-state index is 0.0224. The van der Waals surface area contributed by atoms with Gasteiger partial charge < -0.3 is 16.0 Å². The van der Waals surface area contributed by atoms with Crippen molar-refractivity contribution >= 4 is 23.2 Å². The van der Waals surface area contributed by atoms with E-state index in [-0.39, 0.29) is 11.8 Å². The molecule has 2 aromatic carbocycles. The minimum Gasteiger partial charge on any atom is -0.326 e. The summed E-state index contributed by atoms with van der Waals surface area (Å²) in [4.78, 5) is 23.8. The lowest BCUT2D eigenvalue weighted by atomic mass is 10.1. The zero-order chi connectivity index (χ0) is 18.6. The monoisotopic (exact) mass is 353 g/mol. The number of unbranched alkanes of at least 4 members (excludes halogenated alkanes) is 1. The molecule has 5 nitrogen and oxygen atoms in total. The van der Waals surface area contributed by atoms with Gasteiger partial charge >= 0.3 is 0 Å². The molecule has 0 radical (unpaired) electrons. The highest BCUT2D eigenvalue weighted by atomic mass is 16.2.